The van der Waals surface area contributed by atoms with Crippen LogP contribution in [-0.4, -0.2) is 49.8 Å². The predicted octanol–water partition coefficient (Wildman–Crippen LogP) is 3.34. The Bertz CT molecular complexity index is 1040. The molecule has 1 saturated heterocycles. The van der Waals surface area contributed by atoms with Gasteiger partial charge in [0.05, 0.1) is 11.9 Å². The Labute approximate surface area is 189 Å². The summed E-state index contributed by atoms with van der Waals surface area (Å²) in [5.74, 6) is 1.14. The van der Waals surface area contributed by atoms with Gasteiger partial charge in [0.25, 0.3) is 0 Å². The van der Waals surface area contributed by atoms with Gasteiger partial charge in [-0.05, 0) is 48.9 Å². The number of carbonyl (C=O) groups is 1. The highest BCUT2D eigenvalue weighted by atomic mass is 16.1. The van der Waals surface area contributed by atoms with Crippen molar-refractivity contribution in [3.8, 4) is 11.1 Å². The lowest BCUT2D eigenvalue weighted by Crippen LogP contribution is -2.45. The van der Waals surface area contributed by atoms with Crippen molar-refractivity contribution in [2.75, 3.05) is 18.0 Å². The summed E-state index contributed by atoms with van der Waals surface area (Å²) in [7, 11) is 0. The third kappa shape index (κ3) is 5.30. The third-order valence-electron chi connectivity index (χ3n) is 5.82. The molecule has 8 heteroatoms. The summed E-state index contributed by atoms with van der Waals surface area (Å²) >= 11 is 0. The zero-order valence-corrected chi connectivity index (χ0v) is 19.0. The van der Waals surface area contributed by atoms with Crippen molar-refractivity contribution in [1.82, 2.24) is 30.0 Å². The van der Waals surface area contributed by atoms with E-state index in [0.717, 1.165) is 54.3 Å². The topological polar surface area (TPSA) is 88.8 Å². The smallest absolute Gasteiger partial charge is 0.225 e. The van der Waals surface area contributed by atoms with Gasteiger partial charge in [0, 0.05) is 62.4 Å². The van der Waals surface area contributed by atoms with Crippen molar-refractivity contribution >= 4 is 11.9 Å². The lowest BCUT2D eigenvalue weighted by Gasteiger charge is -2.32. The molecule has 0 spiro atoms. The molecule has 0 atom stereocenters. The standard InChI is InChI=1S/C24H31N7O/c1-17(2)23-21(19-4-9-25-10-5-19)15-26-24(29-23)30-11-6-20(7-12-30)28-22(32)8-13-31-16-18(3)14-27-31/h4-5,9-10,14-17,20H,6-8,11-13H2,1-3H3,(H,28,32). The molecular formula is C24H31N7O. The molecule has 0 aliphatic carbocycles. The van der Waals surface area contributed by atoms with E-state index in [1.807, 2.05) is 42.3 Å². The minimum atomic E-state index is 0.0802. The molecule has 0 unspecified atom stereocenters. The van der Waals surface area contributed by atoms with Crippen LogP contribution in [0.2, 0.25) is 0 Å². The summed E-state index contributed by atoms with van der Waals surface area (Å²) in [6.07, 6.45) is 11.5. The first-order valence-electron chi connectivity index (χ1n) is 11.3. The van der Waals surface area contributed by atoms with Gasteiger partial charge in [0.15, 0.2) is 0 Å². The van der Waals surface area contributed by atoms with Crippen LogP contribution in [0, 0.1) is 6.92 Å². The van der Waals surface area contributed by atoms with E-state index in [9.17, 15) is 4.79 Å². The van der Waals surface area contributed by atoms with E-state index < -0.39 is 0 Å². The first-order valence-corrected chi connectivity index (χ1v) is 11.3. The third-order valence-corrected chi connectivity index (χ3v) is 5.82. The van der Waals surface area contributed by atoms with Gasteiger partial charge in [-0.2, -0.15) is 5.10 Å². The zero-order chi connectivity index (χ0) is 22.5. The van der Waals surface area contributed by atoms with Crippen LogP contribution in [0.25, 0.3) is 11.1 Å². The number of piperidine rings is 1. The van der Waals surface area contributed by atoms with Gasteiger partial charge in [-0.25, -0.2) is 9.97 Å². The molecule has 3 aromatic heterocycles. The number of aryl methyl sites for hydroxylation is 2. The molecule has 1 fully saturated rings. The second kappa shape index (κ2) is 9.89. The highest BCUT2D eigenvalue weighted by molar-refractivity contribution is 5.76. The van der Waals surface area contributed by atoms with Crippen LogP contribution in [0.5, 0.6) is 0 Å². The lowest BCUT2D eigenvalue weighted by molar-refractivity contribution is -0.122. The summed E-state index contributed by atoms with van der Waals surface area (Å²) in [5, 5.41) is 7.41. The molecule has 1 aliphatic heterocycles. The number of hydrogen-bond donors (Lipinski definition) is 1. The lowest BCUT2D eigenvalue weighted by atomic mass is 10.00. The first kappa shape index (κ1) is 21.9. The highest BCUT2D eigenvalue weighted by Crippen LogP contribution is 2.29. The Morgan fingerprint density at radius 2 is 1.94 bits per heavy atom. The number of amides is 1. The number of carbonyl (C=O) groups excluding carboxylic acids is 1. The zero-order valence-electron chi connectivity index (χ0n) is 19.0. The molecule has 8 nitrogen and oxygen atoms in total. The van der Waals surface area contributed by atoms with Gasteiger partial charge < -0.3 is 10.2 Å². The number of hydrogen-bond acceptors (Lipinski definition) is 6. The van der Waals surface area contributed by atoms with Gasteiger partial charge in [-0.3, -0.25) is 14.5 Å². The van der Waals surface area contributed by atoms with Crippen molar-refractivity contribution in [2.45, 2.75) is 58.5 Å². The van der Waals surface area contributed by atoms with Crippen LogP contribution >= 0.6 is 0 Å². The number of rotatable bonds is 7. The number of anilines is 1. The quantitative estimate of drug-likeness (QED) is 0.615. The van der Waals surface area contributed by atoms with Crippen LogP contribution in [0.1, 0.15) is 50.3 Å². The molecule has 0 bridgehead atoms. The molecule has 4 heterocycles. The van der Waals surface area contributed by atoms with Crippen molar-refractivity contribution in [3.05, 3.63) is 54.4 Å². The van der Waals surface area contributed by atoms with Crippen LogP contribution < -0.4 is 10.2 Å². The summed E-state index contributed by atoms with van der Waals surface area (Å²) < 4.78 is 1.82. The van der Waals surface area contributed by atoms with E-state index in [4.69, 9.17) is 4.98 Å². The fraction of sp³-hybridized carbons (Fsp3) is 0.458. The van der Waals surface area contributed by atoms with E-state index in [1.54, 1.807) is 12.4 Å². The van der Waals surface area contributed by atoms with Gasteiger partial charge in [-0.15, -0.1) is 0 Å². The molecule has 4 rings (SSSR count). The summed E-state index contributed by atoms with van der Waals surface area (Å²) in [5.41, 5.74) is 4.29. The Kier molecular flexibility index (Phi) is 6.78. The SMILES string of the molecule is Cc1cnn(CCC(=O)NC2CCN(c3ncc(-c4ccncc4)c(C(C)C)n3)CC2)c1. The van der Waals surface area contributed by atoms with E-state index in [1.165, 1.54) is 0 Å². The van der Waals surface area contributed by atoms with Crippen molar-refractivity contribution in [1.29, 1.82) is 0 Å². The first-order chi connectivity index (χ1) is 15.5. The maximum atomic E-state index is 12.3. The van der Waals surface area contributed by atoms with Crippen molar-refractivity contribution in [3.63, 3.8) is 0 Å². The molecule has 0 radical (unpaired) electrons. The van der Waals surface area contributed by atoms with Crippen molar-refractivity contribution in [2.24, 2.45) is 0 Å². The van der Waals surface area contributed by atoms with Crippen LogP contribution in [0.4, 0.5) is 5.95 Å². The molecule has 1 N–H and O–H groups in total. The molecule has 0 saturated carbocycles. The Morgan fingerprint density at radius 3 is 2.59 bits per heavy atom. The van der Waals surface area contributed by atoms with Crippen LogP contribution in [0.3, 0.4) is 0 Å². The van der Waals surface area contributed by atoms with E-state index >= 15 is 0 Å². The average Bonchev–Trinajstić information content (AvgIpc) is 3.23. The number of pyridine rings is 1. The number of aromatic nitrogens is 5. The summed E-state index contributed by atoms with van der Waals surface area (Å²) in [4.78, 5) is 28.3. The second-order valence-corrected chi connectivity index (χ2v) is 8.72. The average molecular weight is 434 g/mol. The van der Waals surface area contributed by atoms with Gasteiger partial charge in [0.2, 0.25) is 11.9 Å². The summed E-state index contributed by atoms with van der Waals surface area (Å²) in [6, 6.07) is 4.18. The molecule has 0 aromatic carbocycles. The van der Waals surface area contributed by atoms with E-state index in [2.05, 4.69) is 39.1 Å². The van der Waals surface area contributed by atoms with E-state index in [0.29, 0.717) is 13.0 Å². The van der Waals surface area contributed by atoms with E-state index in [-0.39, 0.29) is 17.9 Å². The number of nitrogens with one attached hydrogen (secondary N) is 1. The minimum absolute atomic E-state index is 0.0802. The van der Waals surface area contributed by atoms with Gasteiger partial charge >= 0.3 is 0 Å². The van der Waals surface area contributed by atoms with Crippen LogP contribution in [0.15, 0.2) is 43.1 Å². The van der Waals surface area contributed by atoms with Crippen molar-refractivity contribution < 1.29 is 4.79 Å². The van der Waals surface area contributed by atoms with Gasteiger partial charge in [-0.1, -0.05) is 13.8 Å². The van der Waals surface area contributed by atoms with Crippen LogP contribution in [-0.2, 0) is 11.3 Å². The second-order valence-electron chi connectivity index (χ2n) is 8.72. The Balaban J connectivity index is 1.33. The molecular weight excluding hydrogens is 402 g/mol. The normalized spacial score (nSPS) is 14.7. The number of nitrogens with zero attached hydrogens (tertiary/aromatic N) is 6. The molecule has 1 amide bonds. The predicted molar refractivity (Wildman–Crippen MR) is 124 cm³/mol. The Hall–Kier alpha value is -3.29. The van der Waals surface area contributed by atoms with Gasteiger partial charge in [0.1, 0.15) is 0 Å². The molecule has 32 heavy (non-hydrogen) atoms. The largest absolute Gasteiger partial charge is 0.353 e. The minimum Gasteiger partial charge on any atom is -0.353 e. The maximum absolute atomic E-state index is 12.3. The maximum Gasteiger partial charge on any atom is 0.225 e. The fourth-order valence-corrected chi connectivity index (χ4v) is 4.06. The molecule has 168 valence electrons. The fourth-order valence-electron chi connectivity index (χ4n) is 4.06. The summed E-state index contributed by atoms with van der Waals surface area (Å²) in [6.45, 7) is 8.57. The Morgan fingerprint density at radius 1 is 1.19 bits per heavy atom. The monoisotopic (exact) mass is 433 g/mol. The molecule has 1 aliphatic rings. The molecule has 3 aromatic rings. The highest BCUT2D eigenvalue weighted by Gasteiger charge is 2.23.